The molecule has 14 heavy (non-hydrogen) atoms. The molecule has 0 saturated carbocycles. The van der Waals surface area contributed by atoms with Crippen LogP contribution in [0.3, 0.4) is 0 Å². The summed E-state index contributed by atoms with van der Waals surface area (Å²) in [7, 11) is -1.79. The zero-order valence-corrected chi connectivity index (χ0v) is 9.74. The van der Waals surface area contributed by atoms with E-state index in [1.807, 2.05) is 12.3 Å². The molecule has 0 bridgehead atoms. The molecule has 0 unspecified atom stereocenters. The molecule has 1 N–H and O–H groups in total. The average Bonchev–Trinajstić information content (AvgIpc) is 2.53. The number of hydrogen-bond donors (Lipinski definition) is 1. The molecule has 1 heterocycles. The zero-order chi connectivity index (χ0) is 10.6. The fraction of sp³-hybridized carbons (Fsp3) is 0.500. The van der Waals surface area contributed by atoms with Crippen molar-refractivity contribution in [1.82, 2.24) is 4.72 Å². The molecular formula is C8H13NO3S2. The first-order valence-electron chi connectivity index (χ1n) is 4.10. The van der Waals surface area contributed by atoms with Gasteiger partial charge in [0.25, 0.3) is 0 Å². The van der Waals surface area contributed by atoms with Crippen LogP contribution in [-0.2, 0) is 14.8 Å². The molecule has 1 rings (SSSR count). The van der Waals surface area contributed by atoms with Gasteiger partial charge in [-0.3, -0.25) is 0 Å². The molecule has 0 saturated heterocycles. The van der Waals surface area contributed by atoms with Crippen molar-refractivity contribution in [3.05, 3.63) is 17.0 Å². The minimum absolute atomic E-state index is 0.301. The molecule has 0 radical (unpaired) electrons. The third kappa shape index (κ3) is 3.06. The lowest BCUT2D eigenvalue weighted by Crippen LogP contribution is -2.26. The van der Waals surface area contributed by atoms with Gasteiger partial charge in [-0.2, -0.15) is 0 Å². The van der Waals surface area contributed by atoms with Crippen molar-refractivity contribution in [2.45, 2.75) is 11.1 Å². The second kappa shape index (κ2) is 4.88. The minimum atomic E-state index is -3.32. The summed E-state index contributed by atoms with van der Waals surface area (Å²) < 4.78 is 30.7. The van der Waals surface area contributed by atoms with Gasteiger partial charge in [0.15, 0.2) is 0 Å². The summed E-state index contributed by atoms with van der Waals surface area (Å²) in [6.45, 7) is 2.55. The standard InChI is InChI=1S/C8H13NO3S2/c1-7-5-8(13-6-7)14(10,11)9-3-4-12-2/h5-6,9H,3-4H2,1-2H3. The lowest BCUT2D eigenvalue weighted by Gasteiger charge is -2.02. The predicted molar refractivity (Wildman–Crippen MR) is 56.1 cm³/mol. The number of hydrogen-bond acceptors (Lipinski definition) is 4. The van der Waals surface area contributed by atoms with Crippen LogP contribution in [0.2, 0.25) is 0 Å². The van der Waals surface area contributed by atoms with E-state index in [1.54, 1.807) is 6.07 Å². The van der Waals surface area contributed by atoms with Crippen molar-refractivity contribution in [3.63, 3.8) is 0 Å². The summed E-state index contributed by atoms with van der Waals surface area (Å²) in [6.07, 6.45) is 0. The Bertz CT molecular complexity index is 383. The fourth-order valence-electron chi connectivity index (χ4n) is 0.895. The Morgan fingerprint density at radius 2 is 2.29 bits per heavy atom. The van der Waals surface area contributed by atoms with Gasteiger partial charge < -0.3 is 4.74 Å². The highest BCUT2D eigenvalue weighted by Gasteiger charge is 2.14. The molecule has 0 aliphatic heterocycles. The Balaban J connectivity index is 2.66. The van der Waals surface area contributed by atoms with E-state index in [9.17, 15) is 8.42 Å². The van der Waals surface area contributed by atoms with Crippen LogP contribution < -0.4 is 4.72 Å². The van der Waals surface area contributed by atoms with E-state index in [1.165, 1.54) is 18.4 Å². The monoisotopic (exact) mass is 235 g/mol. The van der Waals surface area contributed by atoms with Crippen LogP contribution in [0.4, 0.5) is 0 Å². The number of rotatable bonds is 5. The molecular weight excluding hydrogens is 222 g/mol. The molecule has 0 aromatic carbocycles. The first kappa shape index (κ1) is 11.6. The smallest absolute Gasteiger partial charge is 0.250 e. The lowest BCUT2D eigenvalue weighted by molar-refractivity contribution is 0.204. The number of ether oxygens (including phenoxy) is 1. The normalized spacial score (nSPS) is 11.9. The first-order chi connectivity index (χ1) is 6.56. The van der Waals surface area contributed by atoms with Crippen LogP contribution in [0.5, 0.6) is 0 Å². The highest BCUT2D eigenvalue weighted by molar-refractivity contribution is 7.91. The number of sulfonamides is 1. The van der Waals surface area contributed by atoms with Gasteiger partial charge in [-0.25, -0.2) is 13.1 Å². The predicted octanol–water partition coefficient (Wildman–Crippen LogP) is 0.981. The van der Waals surface area contributed by atoms with Gasteiger partial charge in [-0.15, -0.1) is 11.3 Å². The third-order valence-corrected chi connectivity index (χ3v) is 4.59. The van der Waals surface area contributed by atoms with Crippen LogP contribution in [0, 0.1) is 6.92 Å². The van der Waals surface area contributed by atoms with Crippen LogP contribution in [-0.4, -0.2) is 28.7 Å². The molecule has 80 valence electrons. The first-order valence-corrected chi connectivity index (χ1v) is 6.46. The average molecular weight is 235 g/mol. The second-order valence-corrected chi connectivity index (χ2v) is 5.74. The van der Waals surface area contributed by atoms with Crippen molar-refractivity contribution in [2.24, 2.45) is 0 Å². The van der Waals surface area contributed by atoms with E-state index in [-0.39, 0.29) is 0 Å². The summed E-state index contributed by atoms with van der Waals surface area (Å²) in [5.41, 5.74) is 0.960. The van der Waals surface area contributed by atoms with E-state index < -0.39 is 10.0 Å². The Morgan fingerprint density at radius 3 is 2.79 bits per heavy atom. The number of methoxy groups -OCH3 is 1. The maximum absolute atomic E-state index is 11.6. The second-order valence-electron chi connectivity index (χ2n) is 2.83. The van der Waals surface area contributed by atoms with Gasteiger partial charge >= 0.3 is 0 Å². The van der Waals surface area contributed by atoms with Gasteiger partial charge in [0.2, 0.25) is 10.0 Å². The third-order valence-electron chi connectivity index (χ3n) is 1.57. The fourth-order valence-corrected chi connectivity index (χ4v) is 3.18. The van der Waals surface area contributed by atoms with Crippen LogP contribution >= 0.6 is 11.3 Å². The molecule has 4 nitrogen and oxygen atoms in total. The zero-order valence-electron chi connectivity index (χ0n) is 8.11. The molecule has 0 fully saturated rings. The highest BCUT2D eigenvalue weighted by Crippen LogP contribution is 2.18. The summed E-state index contributed by atoms with van der Waals surface area (Å²) in [4.78, 5) is 0. The number of thiophene rings is 1. The van der Waals surface area contributed by atoms with Crippen LogP contribution in [0.25, 0.3) is 0 Å². The number of aryl methyl sites for hydroxylation is 1. The molecule has 1 aromatic rings. The molecule has 6 heteroatoms. The Labute approximate surface area is 88.0 Å². The van der Waals surface area contributed by atoms with Gasteiger partial charge in [0.05, 0.1) is 6.61 Å². The Morgan fingerprint density at radius 1 is 1.57 bits per heavy atom. The lowest BCUT2D eigenvalue weighted by atomic mass is 10.4. The van der Waals surface area contributed by atoms with Gasteiger partial charge in [0, 0.05) is 13.7 Å². The maximum Gasteiger partial charge on any atom is 0.250 e. The molecule has 0 amide bonds. The van der Waals surface area contributed by atoms with E-state index >= 15 is 0 Å². The molecule has 0 spiro atoms. The van der Waals surface area contributed by atoms with Gasteiger partial charge in [-0.1, -0.05) is 0 Å². The summed E-state index contributed by atoms with van der Waals surface area (Å²) in [5, 5.41) is 1.81. The van der Waals surface area contributed by atoms with Crippen molar-refractivity contribution in [1.29, 1.82) is 0 Å². The largest absolute Gasteiger partial charge is 0.383 e. The number of nitrogens with one attached hydrogen (secondary N) is 1. The van der Waals surface area contributed by atoms with Crippen molar-refractivity contribution >= 4 is 21.4 Å². The molecule has 0 aliphatic carbocycles. The van der Waals surface area contributed by atoms with Gasteiger partial charge in [0.1, 0.15) is 4.21 Å². The topological polar surface area (TPSA) is 55.4 Å². The van der Waals surface area contributed by atoms with E-state index in [4.69, 9.17) is 4.74 Å². The van der Waals surface area contributed by atoms with E-state index in [2.05, 4.69) is 4.72 Å². The summed E-state index contributed by atoms with van der Waals surface area (Å²) in [5.74, 6) is 0. The van der Waals surface area contributed by atoms with Crippen LogP contribution in [0.15, 0.2) is 15.7 Å². The van der Waals surface area contributed by atoms with Crippen molar-refractivity contribution < 1.29 is 13.2 Å². The molecule has 0 atom stereocenters. The quantitative estimate of drug-likeness (QED) is 0.774. The SMILES string of the molecule is COCCNS(=O)(=O)c1cc(C)cs1. The van der Waals surface area contributed by atoms with Crippen molar-refractivity contribution in [2.75, 3.05) is 20.3 Å². The highest BCUT2D eigenvalue weighted by atomic mass is 32.2. The van der Waals surface area contributed by atoms with E-state index in [0.29, 0.717) is 17.4 Å². The summed E-state index contributed by atoms with van der Waals surface area (Å²) >= 11 is 1.22. The van der Waals surface area contributed by atoms with Gasteiger partial charge in [-0.05, 0) is 23.9 Å². The van der Waals surface area contributed by atoms with E-state index in [0.717, 1.165) is 5.56 Å². The molecule has 0 aliphatic rings. The minimum Gasteiger partial charge on any atom is -0.383 e. The summed E-state index contributed by atoms with van der Waals surface area (Å²) in [6, 6.07) is 1.65. The maximum atomic E-state index is 11.6. The Kier molecular flexibility index (Phi) is 4.06. The Hall–Kier alpha value is -0.430. The molecule has 1 aromatic heterocycles. The van der Waals surface area contributed by atoms with Crippen LogP contribution in [0.1, 0.15) is 5.56 Å². The van der Waals surface area contributed by atoms with Crippen molar-refractivity contribution in [3.8, 4) is 0 Å².